The normalized spacial score (nSPS) is 15.3. The molecule has 33 heavy (non-hydrogen) atoms. The molecule has 0 aliphatic carbocycles. The van der Waals surface area contributed by atoms with Gasteiger partial charge in [0.05, 0.1) is 12.4 Å². The Labute approximate surface area is 202 Å². The number of carbonyl (C=O) groups excluding carboxylic acids is 2. The van der Waals surface area contributed by atoms with Gasteiger partial charge in [0.15, 0.2) is 0 Å². The Hall–Kier alpha value is -2.47. The highest BCUT2D eigenvalue weighted by molar-refractivity contribution is 7.99. The Balaban J connectivity index is 1.50. The van der Waals surface area contributed by atoms with E-state index in [0.29, 0.717) is 32.5 Å². The van der Waals surface area contributed by atoms with Crippen molar-refractivity contribution in [3.05, 3.63) is 65.7 Å². The van der Waals surface area contributed by atoms with Crippen LogP contribution in [0.25, 0.3) is 0 Å². The van der Waals surface area contributed by atoms with Gasteiger partial charge in [-0.1, -0.05) is 56.3 Å². The average Bonchev–Trinajstić information content (AvgIpc) is 3.10. The van der Waals surface area contributed by atoms with Gasteiger partial charge >= 0.3 is 0 Å². The van der Waals surface area contributed by atoms with Gasteiger partial charge in [0, 0.05) is 38.4 Å². The van der Waals surface area contributed by atoms with Crippen molar-refractivity contribution in [3.63, 3.8) is 0 Å². The minimum atomic E-state index is -0.0671. The zero-order chi connectivity index (χ0) is 23.6. The minimum absolute atomic E-state index is 0.0671. The van der Waals surface area contributed by atoms with Crippen LogP contribution in [0.2, 0.25) is 0 Å². The molecule has 0 N–H and O–H groups in total. The highest BCUT2D eigenvalue weighted by Crippen LogP contribution is 2.26. The van der Waals surface area contributed by atoms with Gasteiger partial charge in [-0.2, -0.15) is 0 Å². The molecular weight excluding hydrogens is 432 g/mol. The number of aryl methyl sites for hydroxylation is 1. The van der Waals surface area contributed by atoms with E-state index in [0.717, 1.165) is 30.0 Å². The lowest BCUT2D eigenvalue weighted by atomic mass is 10.1. The third-order valence-corrected chi connectivity index (χ3v) is 7.67. The monoisotopic (exact) mass is 468 g/mol. The van der Waals surface area contributed by atoms with Crippen molar-refractivity contribution in [2.75, 3.05) is 33.3 Å². The smallest absolute Gasteiger partial charge is 0.236 e. The van der Waals surface area contributed by atoms with Gasteiger partial charge < -0.3 is 14.5 Å². The molecule has 0 bridgehead atoms. The minimum Gasteiger partial charge on any atom is -0.497 e. The lowest BCUT2D eigenvalue weighted by Crippen LogP contribution is -2.42. The molecule has 0 saturated carbocycles. The van der Waals surface area contributed by atoms with Crippen LogP contribution in [0.15, 0.2) is 54.6 Å². The van der Waals surface area contributed by atoms with Gasteiger partial charge in [-0.3, -0.25) is 9.59 Å². The first kappa shape index (κ1) is 25.2. The summed E-state index contributed by atoms with van der Waals surface area (Å²) in [6.07, 6.45) is 2.03. The summed E-state index contributed by atoms with van der Waals surface area (Å²) in [6, 6.07) is 18.2. The molecule has 1 atom stereocenters. The van der Waals surface area contributed by atoms with E-state index in [1.165, 1.54) is 5.56 Å². The van der Waals surface area contributed by atoms with E-state index < -0.39 is 0 Å². The number of thioether (sulfide) groups is 1. The fraction of sp³-hybridized carbons (Fsp3) is 0.481. The zero-order valence-electron chi connectivity index (χ0n) is 20.0. The molecule has 0 radical (unpaired) electrons. The van der Waals surface area contributed by atoms with Gasteiger partial charge in [-0.15, -0.1) is 11.8 Å². The molecular formula is C27H36N2O3S. The first-order chi connectivity index (χ1) is 16.0. The molecule has 2 amide bonds. The number of benzene rings is 2. The molecule has 6 heteroatoms. The summed E-state index contributed by atoms with van der Waals surface area (Å²) in [5, 5.41) is -0.0671. The fourth-order valence-corrected chi connectivity index (χ4v) is 5.32. The Morgan fingerprint density at radius 2 is 1.58 bits per heavy atom. The second-order valence-electron chi connectivity index (χ2n) is 8.87. The summed E-state index contributed by atoms with van der Waals surface area (Å²) in [5.74, 6) is 2.29. The molecule has 1 aliphatic rings. The van der Waals surface area contributed by atoms with Crippen LogP contribution in [0.1, 0.15) is 37.8 Å². The molecule has 1 aliphatic heterocycles. The van der Waals surface area contributed by atoms with Crippen molar-refractivity contribution in [3.8, 4) is 5.75 Å². The molecule has 1 heterocycles. The number of hydrogen-bond acceptors (Lipinski definition) is 4. The standard InChI is InChI=1S/C27H36N2O3S/c1-21(2)26(33-20-23-8-5-4-6-9-23)27(31)29-17-7-16-28(18-19-29)25(30)15-12-22-10-13-24(32-3)14-11-22/h4-6,8-11,13-14,21,26H,7,12,15-20H2,1-3H3. The molecule has 2 aromatic rings. The van der Waals surface area contributed by atoms with Crippen molar-refractivity contribution < 1.29 is 14.3 Å². The van der Waals surface area contributed by atoms with E-state index in [1.807, 2.05) is 52.3 Å². The maximum atomic E-state index is 13.3. The van der Waals surface area contributed by atoms with Gasteiger partial charge in [0.1, 0.15) is 5.75 Å². The average molecular weight is 469 g/mol. The van der Waals surface area contributed by atoms with E-state index in [9.17, 15) is 9.59 Å². The SMILES string of the molecule is COc1ccc(CCC(=O)N2CCCN(C(=O)C(SCc3ccccc3)C(C)C)CC2)cc1. The van der Waals surface area contributed by atoms with Gasteiger partial charge in [-0.25, -0.2) is 0 Å². The second kappa shape index (κ2) is 12.7. The molecule has 2 aromatic carbocycles. The van der Waals surface area contributed by atoms with Crippen molar-refractivity contribution in [2.45, 2.75) is 44.1 Å². The Morgan fingerprint density at radius 3 is 2.24 bits per heavy atom. The van der Waals surface area contributed by atoms with Gasteiger partial charge in [0.25, 0.3) is 0 Å². The Bertz CT molecular complexity index is 886. The summed E-state index contributed by atoms with van der Waals surface area (Å²) < 4.78 is 5.19. The molecule has 5 nitrogen and oxygen atoms in total. The van der Waals surface area contributed by atoms with Crippen molar-refractivity contribution in [2.24, 2.45) is 5.92 Å². The first-order valence-electron chi connectivity index (χ1n) is 11.8. The summed E-state index contributed by atoms with van der Waals surface area (Å²) in [5.41, 5.74) is 2.37. The molecule has 1 fully saturated rings. The number of hydrogen-bond donors (Lipinski definition) is 0. The van der Waals surface area contributed by atoms with Gasteiger partial charge in [-0.05, 0) is 42.0 Å². The largest absolute Gasteiger partial charge is 0.497 e. The molecule has 178 valence electrons. The maximum absolute atomic E-state index is 13.3. The Morgan fingerprint density at radius 1 is 0.909 bits per heavy atom. The van der Waals surface area contributed by atoms with Crippen molar-refractivity contribution >= 4 is 23.6 Å². The number of rotatable bonds is 9. The number of ether oxygens (including phenoxy) is 1. The summed E-state index contributed by atoms with van der Waals surface area (Å²) in [4.78, 5) is 30.1. The summed E-state index contributed by atoms with van der Waals surface area (Å²) in [6.45, 7) is 6.90. The summed E-state index contributed by atoms with van der Waals surface area (Å²) >= 11 is 1.73. The lowest BCUT2D eigenvalue weighted by Gasteiger charge is -2.28. The predicted molar refractivity (Wildman–Crippen MR) is 135 cm³/mol. The molecule has 0 aromatic heterocycles. The van der Waals surface area contributed by atoms with Crippen LogP contribution >= 0.6 is 11.8 Å². The van der Waals surface area contributed by atoms with Crippen LogP contribution in [0, 0.1) is 5.92 Å². The zero-order valence-corrected chi connectivity index (χ0v) is 20.9. The van der Waals surface area contributed by atoms with Crippen LogP contribution in [0.5, 0.6) is 5.75 Å². The third kappa shape index (κ3) is 7.53. The number of amides is 2. The van der Waals surface area contributed by atoms with Crippen LogP contribution in [-0.2, 0) is 21.8 Å². The second-order valence-corrected chi connectivity index (χ2v) is 10.00. The first-order valence-corrected chi connectivity index (χ1v) is 12.9. The van der Waals surface area contributed by atoms with Crippen molar-refractivity contribution in [1.29, 1.82) is 0 Å². The highest BCUT2D eigenvalue weighted by Gasteiger charge is 2.29. The van der Waals surface area contributed by atoms with Crippen LogP contribution < -0.4 is 4.74 Å². The molecule has 1 unspecified atom stereocenters. The number of carbonyl (C=O) groups is 2. The van der Waals surface area contributed by atoms with Crippen LogP contribution in [0.4, 0.5) is 0 Å². The quantitative estimate of drug-likeness (QED) is 0.538. The van der Waals surface area contributed by atoms with E-state index in [4.69, 9.17) is 4.74 Å². The molecule has 0 spiro atoms. The molecule has 3 rings (SSSR count). The highest BCUT2D eigenvalue weighted by atomic mass is 32.2. The van der Waals surface area contributed by atoms with Crippen molar-refractivity contribution in [1.82, 2.24) is 9.80 Å². The van der Waals surface area contributed by atoms with Gasteiger partial charge in [0.2, 0.25) is 11.8 Å². The predicted octanol–water partition coefficient (Wildman–Crippen LogP) is 4.65. The topological polar surface area (TPSA) is 49.9 Å². The van der Waals surface area contributed by atoms with E-state index in [1.54, 1.807) is 18.9 Å². The third-order valence-electron chi connectivity index (χ3n) is 6.07. The number of methoxy groups -OCH3 is 1. The van der Waals surface area contributed by atoms with Crippen LogP contribution in [0.3, 0.4) is 0 Å². The fourth-order valence-electron chi connectivity index (χ4n) is 4.08. The lowest BCUT2D eigenvalue weighted by molar-refractivity contribution is -0.133. The van der Waals surface area contributed by atoms with Crippen LogP contribution in [-0.4, -0.2) is 60.2 Å². The molecule has 1 saturated heterocycles. The summed E-state index contributed by atoms with van der Waals surface area (Å²) in [7, 11) is 1.65. The maximum Gasteiger partial charge on any atom is 0.236 e. The Kier molecular flexibility index (Phi) is 9.67. The van der Waals surface area contributed by atoms with E-state index >= 15 is 0 Å². The number of nitrogens with zero attached hydrogens (tertiary/aromatic N) is 2. The van der Waals surface area contributed by atoms with E-state index in [-0.39, 0.29) is 23.0 Å². The van der Waals surface area contributed by atoms with E-state index in [2.05, 4.69) is 26.0 Å².